The van der Waals surface area contributed by atoms with Gasteiger partial charge in [-0.3, -0.25) is 18.7 Å². The van der Waals surface area contributed by atoms with Crippen molar-refractivity contribution < 1.29 is 4.79 Å². The van der Waals surface area contributed by atoms with E-state index in [2.05, 4.69) is 5.32 Å². The molecule has 0 aliphatic heterocycles. The van der Waals surface area contributed by atoms with Crippen LogP contribution in [0.4, 0.5) is 0 Å². The van der Waals surface area contributed by atoms with Gasteiger partial charge in [0.25, 0.3) is 5.56 Å². The Bertz CT molecular complexity index is 1040. The van der Waals surface area contributed by atoms with Gasteiger partial charge in [0.2, 0.25) is 5.91 Å². The minimum absolute atomic E-state index is 0.129. The molecule has 1 heterocycles. The fraction of sp³-hybridized carbons (Fsp3) is 0.250. The van der Waals surface area contributed by atoms with Gasteiger partial charge in [0.15, 0.2) is 0 Å². The summed E-state index contributed by atoms with van der Waals surface area (Å²) in [6, 6.07) is 16.4. The molecule has 0 bridgehead atoms. The van der Waals surface area contributed by atoms with Crippen LogP contribution in [0.5, 0.6) is 0 Å². The van der Waals surface area contributed by atoms with Crippen molar-refractivity contribution in [3.63, 3.8) is 0 Å². The van der Waals surface area contributed by atoms with Gasteiger partial charge in [-0.25, -0.2) is 4.79 Å². The largest absolute Gasteiger partial charge is 0.350 e. The number of nitrogens with zero attached hydrogens (tertiary/aromatic N) is 2. The Labute approximate surface area is 150 Å². The summed E-state index contributed by atoms with van der Waals surface area (Å²) in [5.41, 5.74) is 0.692. The minimum atomic E-state index is -0.453. The summed E-state index contributed by atoms with van der Waals surface area (Å²) < 4.78 is 2.57. The molecule has 0 saturated heterocycles. The van der Waals surface area contributed by atoms with Crippen molar-refractivity contribution in [1.82, 2.24) is 14.5 Å². The molecule has 0 atom stereocenters. The van der Waals surface area contributed by atoms with E-state index in [0.717, 1.165) is 5.56 Å². The van der Waals surface area contributed by atoms with E-state index in [1.54, 1.807) is 24.3 Å². The summed E-state index contributed by atoms with van der Waals surface area (Å²) in [5, 5.41) is 3.26. The molecule has 0 aliphatic rings. The second-order valence-electron chi connectivity index (χ2n) is 6.10. The van der Waals surface area contributed by atoms with Crippen molar-refractivity contribution in [2.24, 2.45) is 0 Å². The molecule has 0 radical (unpaired) electrons. The highest BCUT2D eigenvalue weighted by atomic mass is 16.2. The molecule has 3 rings (SSSR count). The van der Waals surface area contributed by atoms with Crippen LogP contribution in [-0.4, -0.2) is 15.0 Å². The molecule has 134 valence electrons. The zero-order valence-corrected chi connectivity index (χ0v) is 14.6. The number of para-hydroxylation sites is 1. The van der Waals surface area contributed by atoms with Crippen molar-refractivity contribution in [3.05, 3.63) is 81.0 Å². The van der Waals surface area contributed by atoms with E-state index >= 15 is 0 Å². The van der Waals surface area contributed by atoms with E-state index in [4.69, 9.17) is 0 Å². The molecule has 0 saturated carbocycles. The van der Waals surface area contributed by atoms with Gasteiger partial charge < -0.3 is 5.32 Å². The van der Waals surface area contributed by atoms with Crippen LogP contribution >= 0.6 is 0 Å². The van der Waals surface area contributed by atoms with E-state index in [1.165, 1.54) is 9.13 Å². The number of hydrogen-bond acceptors (Lipinski definition) is 3. The van der Waals surface area contributed by atoms with Crippen LogP contribution in [0.15, 0.2) is 64.2 Å². The van der Waals surface area contributed by atoms with E-state index in [1.807, 2.05) is 37.3 Å². The molecule has 0 spiro atoms. The maximum atomic E-state index is 12.7. The van der Waals surface area contributed by atoms with Crippen LogP contribution in [0.2, 0.25) is 0 Å². The third-order valence-electron chi connectivity index (χ3n) is 4.21. The molecule has 1 amide bonds. The average Bonchev–Trinajstić information content (AvgIpc) is 2.67. The fourth-order valence-electron chi connectivity index (χ4n) is 2.94. The summed E-state index contributed by atoms with van der Waals surface area (Å²) in [5.74, 6) is -0.275. The van der Waals surface area contributed by atoms with Gasteiger partial charge >= 0.3 is 5.69 Å². The molecule has 6 heteroatoms. The summed E-state index contributed by atoms with van der Waals surface area (Å²) in [6.07, 6.45) is 0.660. The van der Waals surface area contributed by atoms with Gasteiger partial charge in [-0.1, -0.05) is 49.4 Å². The molecule has 2 aromatic carbocycles. The van der Waals surface area contributed by atoms with Crippen LogP contribution in [0.1, 0.15) is 18.9 Å². The lowest BCUT2D eigenvalue weighted by Gasteiger charge is -2.13. The van der Waals surface area contributed by atoms with E-state index in [0.29, 0.717) is 30.4 Å². The topological polar surface area (TPSA) is 73.1 Å². The molecule has 1 aromatic heterocycles. The maximum absolute atomic E-state index is 12.7. The summed E-state index contributed by atoms with van der Waals surface area (Å²) in [4.78, 5) is 37.7. The number of rotatable bonds is 6. The molecular formula is C20H21N3O3. The predicted octanol–water partition coefficient (Wildman–Crippen LogP) is 1.89. The number of hydrogen-bond donors (Lipinski definition) is 1. The van der Waals surface area contributed by atoms with Crippen molar-refractivity contribution in [1.29, 1.82) is 0 Å². The number of carbonyl (C=O) groups is 1. The number of carbonyl (C=O) groups excluding carboxylic acids is 1. The Kier molecular flexibility index (Phi) is 5.31. The van der Waals surface area contributed by atoms with Crippen molar-refractivity contribution in [3.8, 4) is 0 Å². The Hall–Kier alpha value is -3.15. The quantitative estimate of drug-likeness (QED) is 0.737. The van der Waals surface area contributed by atoms with Crippen LogP contribution in [0.25, 0.3) is 10.9 Å². The highest BCUT2D eigenvalue weighted by Gasteiger charge is 2.14. The number of amides is 1. The van der Waals surface area contributed by atoms with Crippen LogP contribution in [0.3, 0.4) is 0 Å². The SMILES string of the molecule is CCCn1c(=O)c2ccccc2n(CC(=O)NCc2ccccc2)c1=O. The first-order chi connectivity index (χ1) is 12.6. The number of fused-ring (bicyclic) bond motifs is 1. The van der Waals surface area contributed by atoms with Crippen molar-refractivity contribution in [2.45, 2.75) is 33.0 Å². The zero-order valence-electron chi connectivity index (χ0n) is 14.6. The van der Waals surface area contributed by atoms with Gasteiger partial charge in [0, 0.05) is 13.1 Å². The van der Waals surface area contributed by atoms with E-state index < -0.39 is 5.69 Å². The fourth-order valence-corrected chi connectivity index (χ4v) is 2.94. The Balaban J connectivity index is 1.92. The first-order valence-corrected chi connectivity index (χ1v) is 8.65. The lowest BCUT2D eigenvalue weighted by Crippen LogP contribution is -2.42. The Morgan fingerprint density at radius 3 is 2.38 bits per heavy atom. The highest BCUT2D eigenvalue weighted by molar-refractivity contribution is 5.81. The third-order valence-corrected chi connectivity index (χ3v) is 4.21. The number of aromatic nitrogens is 2. The summed E-state index contributed by atoms with van der Waals surface area (Å²) >= 11 is 0. The van der Waals surface area contributed by atoms with Gasteiger partial charge in [0.1, 0.15) is 6.54 Å². The van der Waals surface area contributed by atoms with Gasteiger partial charge in [-0.05, 0) is 24.1 Å². The molecule has 0 fully saturated rings. The minimum Gasteiger partial charge on any atom is -0.350 e. The first-order valence-electron chi connectivity index (χ1n) is 8.65. The lowest BCUT2D eigenvalue weighted by atomic mass is 10.2. The number of nitrogens with one attached hydrogen (secondary N) is 1. The predicted molar refractivity (Wildman–Crippen MR) is 101 cm³/mol. The van der Waals surface area contributed by atoms with E-state index in [9.17, 15) is 14.4 Å². The summed E-state index contributed by atoms with van der Waals surface area (Å²) in [7, 11) is 0. The normalized spacial score (nSPS) is 10.8. The monoisotopic (exact) mass is 351 g/mol. The molecule has 26 heavy (non-hydrogen) atoms. The Morgan fingerprint density at radius 2 is 1.65 bits per heavy atom. The van der Waals surface area contributed by atoms with Gasteiger partial charge in [-0.2, -0.15) is 0 Å². The number of benzene rings is 2. The first kappa shape index (κ1) is 17.7. The standard InChI is InChI=1S/C20H21N3O3/c1-2-12-22-19(25)16-10-6-7-11-17(16)23(20(22)26)14-18(24)21-13-15-8-4-3-5-9-15/h3-11H,2,12-14H2,1H3,(H,21,24). The highest BCUT2D eigenvalue weighted by Crippen LogP contribution is 2.07. The van der Waals surface area contributed by atoms with Gasteiger partial charge in [0.05, 0.1) is 10.9 Å². The van der Waals surface area contributed by atoms with E-state index in [-0.39, 0.29) is 18.0 Å². The van der Waals surface area contributed by atoms with Crippen molar-refractivity contribution >= 4 is 16.8 Å². The third kappa shape index (κ3) is 3.59. The maximum Gasteiger partial charge on any atom is 0.331 e. The van der Waals surface area contributed by atoms with Crippen molar-refractivity contribution in [2.75, 3.05) is 0 Å². The summed E-state index contributed by atoms with van der Waals surface area (Å²) in [6.45, 7) is 2.49. The molecular weight excluding hydrogens is 330 g/mol. The molecule has 3 aromatic rings. The average molecular weight is 351 g/mol. The molecule has 6 nitrogen and oxygen atoms in total. The van der Waals surface area contributed by atoms with Crippen LogP contribution < -0.4 is 16.6 Å². The van der Waals surface area contributed by atoms with Gasteiger partial charge in [-0.15, -0.1) is 0 Å². The van der Waals surface area contributed by atoms with Crippen LogP contribution in [-0.2, 0) is 24.4 Å². The second-order valence-corrected chi connectivity index (χ2v) is 6.10. The molecule has 0 unspecified atom stereocenters. The zero-order chi connectivity index (χ0) is 18.5. The smallest absolute Gasteiger partial charge is 0.331 e. The lowest BCUT2D eigenvalue weighted by molar-refractivity contribution is -0.121. The molecule has 1 N–H and O–H groups in total. The molecule has 0 aliphatic carbocycles. The van der Waals surface area contributed by atoms with Crippen LogP contribution in [0, 0.1) is 0 Å². The second kappa shape index (κ2) is 7.82. The Morgan fingerprint density at radius 1 is 0.962 bits per heavy atom.